The van der Waals surface area contributed by atoms with Crippen LogP contribution in [0.3, 0.4) is 0 Å². The van der Waals surface area contributed by atoms with Crippen molar-refractivity contribution in [3.8, 4) is 0 Å². The van der Waals surface area contributed by atoms with Crippen molar-refractivity contribution in [1.82, 2.24) is 4.57 Å². The SMILES string of the molecule is O=c1c([N+](=O)[O-])cc(Cl)cn1CCOCCO. The Kier molecular flexibility index (Phi) is 5.08. The summed E-state index contributed by atoms with van der Waals surface area (Å²) < 4.78 is 6.07. The van der Waals surface area contributed by atoms with Crippen LogP contribution in [0, 0.1) is 10.1 Å². The molecule has 0 aromatic carbocycles. The Bertz CT molecular complexity index is 459. The van der Waals surface area contributed by atoms with Crippen LogP contribution in [-0.4, -0.2) is 34.4 Å². The van der Waals surface area contributed by atoms with Crippen LogP contribution in [0.5, 0.6) is 0 Å². The Morgan fingerprint density at radius 1 is 1.53 bits per heavy atom. The number of nitrogens with zero attached hydrogens (tertiary/aromatic N) is 2. The van der Waals surface area contributed by atoms with E-state index in [1.165, 1.54) is 6.20 Å². The maximum Gasteiger partial charge on any atom is 0.335 e. The molecule has 8 heteroatoms. The smallest absolute Gasteiger partial charge is 0.335 e. The zero-order valence-electron chi connectivity index (χ0n) is 8.84. The first-order valence-electron chi connectivity index (χ1n) is 4.79. The van der Waals surface area contributed by atoms with Crippen LogP contribution in [0.15, 0.2) is 17.1 Å². The maximum absolute atomic E-state index is 11.6. The highest BCUT2D eigenvalue weighted by atomic mass is 35.5. The van der Waals surface area contributed by atoms with Crippen LogP contribution < -0.4 is 5.56 Å². The van der Waals surface area contributed by atoms with Gasteiger partial charge in [-0.2, -0.15) is 0 Å². The molecule has 0 spiro atoms. The molecular weight excluding hydrogens is 252 g/mol. The largest absolute Gasteiger partial charge is 0.394 e. The van der Waals surface area contributed by atoms with Crippen molar-refractivity contribution in [2.45, 2.75) is 6.54 Å². The van der Waals surface area contributed by atoms with E-state index in [1.54, 1.807) is 0 Å². The molecule has 0 amide bonds. The summed E-state index contributed by atoms with van der Waals surface area (Å²) in [4.78, 5) is 21.4. The first-order valence-corrected chi connectivity index (χ1v) is 5.17. The predicted molar refractivity (Wildman–Crippen MR) is 60.3 cm³/mol. The monoisotopic (exact) mass is 262 g/mol. The van der Waals surface area contributed by atoms with Crippen LogP contribution in [0.4, 0.5) is 5.69 Å². The van der Waals surface area contributed by atoms with E-state index in [0.717, 1.165) is 10.6 Å². The van der Waals surface area contributed by atoms with Crippen LogP contribution >= 0.6 is 11.6 Å². The first kappa shape index (κ1) is 13.6. The molecule has 94 valence electrons. The molecular formula is C9H11ClN2O5. The fourth-order valence-corrected chi connectivity index (χ4v) is 1.43. The zero-order valence-corrected chi connectivity index (χ0v) is 9.59. The molecule has 0 aliphatic heterocycles. The Morgan fingerprint density at radius 3 is 2.82 bits per heavy atom. The van der Waals surface area contributed by atoms with Gasteiger partial charge in [-0.1, -0.05) is 11.6 Å². The number of pyridine rings is 1. The summed E-state index contributed by atoms with van der Waals surface area (Å²) in [5.41, 5.74) is -1.30. The highest BCUT2D eigenvalue weighted by Crippen LogP contribution is 2.12. The Labute approximate surface area is 101 Å². The van der Waals surface area contributed by atoms with E-state index in [2.05, 4.69) is 0 Å². The van der Waals surface area contributed by atoms with Gasteiger partial charge in [-0.25, -0.2) is 0 Å². The Hall–Kier alpha value is -1.44. The molecule has 0 fully saturated rings. The number of hydrogen-bond acceptors (Lipinski definition) is 5. The maximum atomic E-state index is 11.6. The number of aliphatic hydroxyl groups excluding tert-OH is 1. The van der Waals surface area contributed by atoms with Gasteiger partial charge in [0.1, 0.15) is 0 Å². The number of hydrogen-bond donors (Lipinski definition) is 1. The van der Waals surface area contributed by atoms with Gasteiger partial charge in [0.2, 0.25) is 0 Å². The summed E-state index contributed by atoms with van der Waals surface area (Å²) in [5.74, 6) is 0. The molecule has 0 saturated heterocycles. The summed E-state index contributed by atoms with van der Waals surface area (Å²) in [7, 11) is 0. The van der Waals surface area contributed by atoms with Gasteiger partial charge in [0.05, 0.1) is 29.8 Å². The highest BCUT2D eigenvalue weighted by Gasteiger charge is 2.15. The summed E-state index contributed by atoms with van der Waals surface area (Å²) in [5, 5.41) is 19.2. The molecule has 0 bridgehead atoms. The van der Waals surface area contributed by atoms with Crippen molar-refractivity contribution in [3.05, 3.63) is 37.8 Å². The van der Waals surface area contributed by atoms with E-state index in [-0.39, 0.29) is 31.4 Å². The number of aliphatic hydroxyl groups is 1. The molecule has 1 heterocycles. The van der Waals surface area contributed by atoms with Crippen molar-refractivity contribution in [2.75, 3.05) is 19.8 Å². The molecule has 17 heavy (non-hydrogen) atoms. The topological polar surface area (TPSA) is 94.6 Å². The minimum absolute atomic E-state index is 0.110. The van der Waals surface area contributed by atoms with Crippen LogP contribution in [0.25, 0.3) is 0 Å². The second-order valence-electron chi connectivity index (χ2n) is 3.14. The minimum Gasteiger partial charge on any atom is -0.394 e. The van der Waals surface area contributed by atoms with E-state index < -0.39 is 16.2 Å². The predicted octanol–water partition coefficient (Wildman–Crippen LogP) is 0.419. The first-order chi connectivity index (χ1) is 8.06. The van der Waals surface area contributed by atoms with Gasteiger partial charge in [0, 0.05) is 18.8 Å². The lowest BCUT2D eigenvalue weighted by Gasteiger charge is -2.06. The molecule has 1 aromatic rings. The quantitative estimate of drug-likeness (QED) is 0.455. The summed E-state index contributed by atoms with van der Waals surface area (Å²) in [6.45, 7) is 0.334. The molecule has 0 unspecified atom stereocenters. The van der Waals surface area contributed by atoms with Gasteiger partial charge in [0.15, 0.2) is 0 Å². The van der Waals surface area contributed by atoms with Gasteiger partial charge in [-0.15, -0.1) is 0 Å². The van der Waals surface area contributed by atoms with Gasteiger partial charge < -0.3 is 14.4 Å². The van der Waals surface area contributed by atoms with E-state index in [9.17, 15) is 14.9 Å². The molecule has 1 N–H and O–H groups in total. The summed E-state index contributed by atoms with van der Waals surface area (Å²) >= 11 is 5.66. The van der Waals surface area contributed by atoms with Crippen LogP contribution in [0.1, 0.15) is 0 Å². The Balaban J connectivity index is 2.85. The van der Waals surface area contributed by atoms with Crippen molar-refractivity contribution in [3.63, 3.8) is 0 Å². The fraction of sp³-hybridized carbons (Fsp3) is 0.444. The lowest BCUT2D eigenvalue weighted by atomic mass is 10.4. The standard InChI is InChI=1S/C9H11ClN2O5/c10-7-5-8(12(15)16)9(14)11(6-7)1-3-17-4-2-13/h5-6,13H,1-4H2. The molecule has 0 aliphatic carbocycles. The highest BCUT2D eigenvalue weighted by molar-refractivity contribution is 6.30. The molecule has 0 radical (unpaired) electrons. The number of aromatic nitrogens is 1. The number of rotatable bonds is 6. The molecule has 0 aliphatic rings. The minimum atomic E-state index is -0.778. The van der Waals surface area contributed by atoms with Crippen LogP contribution in [0.2, 0.25) is 5.02 Å². The van der Waals surface area contributed by atoms with E-state index in [4.69, 9.17) is 21.4 Å². The number of halogens is 1. The molecule has 0 atom stereocenters. The summed E-state index contributed by atoms with van der Waals surface area (Å²) in [6.07, 6.45) is 1.30. The van der Waals surface area contributed by atoms with Gasteiger partial charge >= 0.3 is 11.2 Å². The second-order valence-corrected chi connectivity index (χ2v) is 3.57. The average Bonchev–Trinajstić information content (AvgIpc) is 2.28. The van der Waals surface area contributed by atoms with Crippen molar-refractivity contribution >= 4 is 17.3 Å². The third-order valence-corrected chi connectivity index (χ3v) is 2.15. The third kappa shape index (κ3) is 3.81. The lowest BCUT2D eigenvalue weighted by Crippen LogP contribution is -2.24. The molecule has 7 nitrogen and oxygen atoms in total. The average molecular weight is 263 g/mol. The van der Waals surface area contributed by atoms with Gasteiger partial charge in [-0.05, 0) is 0 Å². The zero-order chi connectivity index (χ0) is 12.8. The van der Waals surface area contributed by atoms with Crippen molar-refractivity contribution < 1.29 is 14.8 Å². The fourth-order valence-electron chi connectivity index (χ4n) is 1.21. The summed E-state index contributed by atoms with van der Waals surface area (Å²) in [6, 6.07) is 1.01. The van der Waals surface area contributed by atoms with E-state index >= 15 is 0 Å². The number of ether oxygens (including phenoxy) is 1. The van der Waals surface area contributed by atoms with Crippen molar-refractivity contribution in [1.29, 1.82) is 0 Å². The second kappa shape index (κ2) is 6.33. The van der Waals surface area contributed by atoms with E-state index in [1.807, 2.05) is 0 Å². The molecule has 0 saturated carbocycles. The van der Waals surface area contributed by atoms with E-state index in [0.29, 0.717) is 0 Å². The van der Waals surface area contributed by atoms with Gasteiger partial charge in [0.25, 0.3) is 0 Å². The third-order valence-electron chi connectivity index (χ3n) is 1.94. The normalized spacial score (nSPS) is 10.5. The Morgan fingerprint density at radius 2 is 2.24 bits per heavy atom. The molecule has 1 aromatic heterocycles. The van der Waals surface area contributed by atoms with Crippen LogP contribution in [-0.2, 0) is 11.3 Å². The van der Waals surface area contributed by atoms with Crippen molar-refractivity contribution in [2.24, 2.45) is 0 Å². The lowest BCUT2D eigenvalue weighted by molar-refractivity contribution is -0.386. The van der Waals surface area contributed by atoms with Gasteiger partial charge in [-0.3, -0.25) is 14.9 Å². The molecule has 1 rings (SSSR count). The number of nitro groups is 1.